The van der Waals surface area contributed by atoms with E-state index >= 15 is 0 Å². The topological polar surface area (TPSA) is 53.1 Å². The zero-order valence-electron chi connectivity index (χ0n) is 13.0. The molecule has 2 heterocycles. The first-order chi connectivity index (χ1) is 10.1. The predicted molar refractivity (Wildman–Crippen MR) is 85.0 cm³/mol. The van der Waals surface area contributed by atoms with Crippen molar-refractivity contribution in [2.24, 2.45) is 5.92 Å². The van der Waals surface area contributed by atoms with Crippen LogP contribution in [0.1, 0.15) is 37.7 Å². The Morgan fingerprint density at radius 2 is 2.19 bits per heavy atom. The monoisotopic (exact) mass is 285 g/mol. The number of nitrogens with two attached hydrogens (primary N) is 1. The molecule has 2 unspecified atom stereocenters. The first kappa shape index (κ1) is 14.1. The molecule has 2 N–H and O–H groups in total. The van der Waals surface area contributed by atoms with Gasteiger partial charge < -0.3 is 15.0 Å². The van der Waals surface area contributed by atoms with Crippen LogP contribution in [0.25, 0.3) is 11.3 Å². The molecule has 4 nitrogen and oxygen atoms in total. The Balaban J connectivity index is 2.04. The van der Waals surface area contributed by atoms with Gasteiger partial charge in [-0.1, -0.05) is 25.1 Å². The van der Waals surface area contributed by atoms with Crippen LogP contribution >= 0.6 is 0 Å². The molecule has 0 fully saturated rings. The minimum atomic E-state index is 0.423. The summed E-state index contributed by atoms with van der Waals surface area (Å²) in [7, 11) is 1.71. The summed E-state index contributed by atoms with van der Waals surface area (Å²) in [6, 6.07) is 8.70. The fraction of sp³-hybridized carbons (Fsp3) is 0.471. The van der Waals surface area contributed by atoms with E-state index in [0.717, 1.165) is 41.3 Å². The summed E-state index contributed by atoms with van der Waals surface area (Å²) in [6.07, 6.45) is 2.17. The normalized spacial score (nSPS) is 21.3. The van der Waals surface area contributed by atoms with Gasteiger partial charge >= 0.3 is 0 Å². The van der Waals surface area contributed by atoms with E-state index in [1.54, 1.807) is 7.11 Å². The number of benzene rings is 1. The van der Waals surface area contributed by atoms with E-state index in [1.807, 2.05) is 6.07 Å². The maximum Gasteiger partial charge on any atom is 0.131 e. The molecule has 1 aliphatic rings. The number of aromatic nitrogens is 2. The van der Waals surface area contributed by atoms with Crippen LogP contribution in [0, 0.1) is 5.92 Å². The zero-order chi connectivity index (χ0) is 15.0. The number of hydrogen-bond donors (Lipinski definition) is 1. The smallest absolute Gasteiger partial charge is 0.131 e. The van der Waals surface area contributed by atoms with Gasteiger partial charge in [-0.3, -0.25) is 0 Å². The second-order valence-electron chi connectivity index (χ2n) is 6.16. The molecular formula is C17H23N3O. The molecule has 0 saturated heterocycles. The van der Waals surface area contributed by atoms with Crippen LogP contribution < -0.4 is 5.73 Å². The van der Waals surface area contributed by atoms with Crippen molar-refractivity contribution < 1.29 is 4.74 Å². The molecule has 2 aromatic rings. The second-order valence-corrected chi connectivity index (χ2v) is 6.16. The molecule has 0 aliphatic carbocycles. The van der Waals surface area contributed by atoms with Crippen LogP contribution in [-0.4, -0.2) is 16.7 Å². The lowest BCUT2D eigenvalue weighted by Gasteiger charge is -2.27. The quantitative estimate of drug-likeness (QED) is 0.940. The molecule has 0 radical (unpaired) electrons. The summed E-state index contributed by atoms with van der Waals surface area (Å²) in [5.41, 5.74) is 9.51. The van der Waals surface area contributed by atoms with Gasteiger partial charge in [0.15, 0.2) is 0 Å². The summed E-state index contributed by atoms with van der Waals surface area (Å²) < 4.78 is 7.41. The third-order valence-corrected chi connectivity index (χ3v) is 4.25. The van der Waals surface area contributed by atoms with Gasteiger partial charge in [0.25, 0.3) is 0 Å². The van der Waals surface area contributed by atoms with Crippen LogP contribution in [0.4, 0.5) is 5.82 Å². The summed E-state index contributed by atoms with van der Waals surface area (Å²) in [5, 5.41) is 0. The van der Waals surface area contributed by atoms with E-state index in [0.29, 0.717) is 18.6 Å². The molecule has 0 spiro atoms. The second kappa shape index (κ2) is 5.53. The number of rotatable bonds is 3. The van der Waals surface area contributed by atoms with Crippen LogP contribution in [-0.2, 0) is 17.8 Å². The maximum atomic E-state index is 6.39. The Morgan fingerprint density at radius 3 is 2.95 bits per heavy atom. The predicted octanol–water partition coefficient (Wildman–Crippen LogP) is 3.42. The number of hydrogen-bond acceptors (Lipinski definition) is 3. The Bertz CT molecular complexity index is 647. The molecule has 4 heteroatoms. The average molecular weight is 285 g/mol. The third-order valence-electron chi connectivity index (χ3n) is 4.25. The van der Waals surface area contributed by atoms with Gasteiger partial charge in [0.1, 0.15) is 17.3 Å². The number of anilines is 1. The third kappa shape index (κ3) is 2.56. The number of imidazole rings is 1. The Kier molecular flexibility index (Phi) is 3.72. The van der Waals surface area contributed by atoms with Crippen LogP contribution in [0.5, 0.6) is 0 Å². The summed E-state index contributed by atoms with van der Waals surface area (Å²) in [5.74, 6) is 2.58. The lowest BCUT2D eigenvalue weighted by atomic mass is 9.95. The molecule has 2 atom stereocenters. The van der Waals surface area contributed by atoms with Crippen molar-refractivity contribution in [2.75, 3.05) is 12.8 Å². The molecule has 1 aromatic heterocycles. The largest absolute Gasteiger partial charge is 0.383 e. The van der Waals surface area contributed by atoms with Gasteiger partial charge in [0, 0.05) is 25.1 Å². The van der Waals surface area contributed by atoms with Crippen LogP contribution in [0.15, 0.2) is 24.3 Å². The van der Waals surface area contributed by atoms with Gasteiger partial charge in [-0.25, -0.2) is 4.98 Å². The van der Waals surface area contributed by atoms with E-state index in [9.17, 15) is 0 Å². The fourth-order valence-corrected chi connectivity index (χ4v) is 3.40. The van der Waals surface area contributed by atoms with Crippen molar-refractivity contribution in [3.05, 3.63) is 35.7 Å². The number of nitrogen functional groups attached to an aromatic ring is 1. The summed E-state index contributed by atoms with van der Waals surface area (Å²) in [4.78, 5) is 4.82. The van der Waals surface area contributed by atoms with E-state index < -0.39 is 0 Å². The Labute approximate surface area is 125 Å². The van der Waals surface area contributed by atoms with Gasteiger partial charge in [-0.2, -0.15) is 0 Å². The molecule has 0 amide bonds. The maximum absolute atomic E-state index is 6.39. The van der Waals surface area contributed by atoms with Gasteiger partial charge in [-0.05, 0) is 30.9 Å². The molecule has 1 aromatic carbocycles. The molecule has 0 bridgehead atoms. The highest BCUT2D eigenvalue weighted by Gasteiger charge is 2.26. The number of ether oxygens (including phenoxy) is 1. The fourth-order valence-electron chi connectivity index (χ4n) is 3.40. The minimum Gasteiger partial charge on any atom is -0.383 e. The molecule has 1 aliphatic heterocycles. The summed E-state index contributed by atoms with van der Waals surface area (Å²) in [6.45, 7) is 5.11. The SMILES string of the molecule is COCc1cccc(-c2nc3n(c2N)C(C)CC(C)C3)c1. The van der Waals surface area contributed by atoms with Gasteiger partial charge in [0.05, 0.1) is 6.61 Å². The Hall–Kier alpha value is -1.81. The highest BCUT2D eigenvalue weighted by Crippen LogP contribution is 2.36. The number of nitrogens with zero attached hydrogens (tertiary/aromatic N) is 2. The standard InChI is InChI=1S/C17H23N3O/c1-11-7-12(2)20-15(8-11)19-16(17(20)18)14-6-4-5-13(9-14)10-21-3/h4-6,9,11-12H,7-8,10,18H2,1-3H3. The number of methoxy groups -OCH3 is 1. The Morgan fingerprint density at radius 1 is 1.38 bits per heavy atom. The minimum absolute atomic E-state index is 0.423. The molecule has 3 rings (SSSR count). The molecule has 112 valence electrons. The molecule has 0 saturated carbocycles. The average Bonchev–Trinajstić information content (AvgIpc) is 2.76. The number of fused-ring (bicyclic) bond motifs is 1. The van der Waals surface area contributed by atoms with Crippen molar-refractivity contribution >= 4 is 5.82 Å². The van der Waals surface area contributed by atoms with E-state index in [4.69, 9.17) is 15.5 Å². The van der Waals surface area contributed by atoms with Crippen molar-refractivity contribution in [1.29, 1.82) is 0 Å². The molecule has 21 heavy (non-hydrogen) atoms. The summed E-state index contributed by atoms with van der Waals surface area (Å²) >= 11 is 0. The van der Waals surface area contributed by atoms with Crippen molar-refractivity contribution in [3.8, 4) is 11.3 Å². The van der Waals surface area contributed by atoms with E-state index in [2.05, 4.69) is 36.6 Å². The lowest BCUT2D eigenvalue weighted by Crippen LogP contribution is -2.22. The van der Waals surface area contributed by atoms with Crippen molar-refractivity contribution in [2.45, 2.75) is 39.3 Å². The lowest BCUT2D eigenvalue weighted by molar-refractivity contribution is 0.185. The van der Waals surface area contributed by atoms with Crippen molar-refractivity contribution in [1.82, 2.24) is 9.55 Å². The van der Waals surface area contributed by atoms with Gasteiger partial charge in [0.2, 0.25) is 0 Å². The molecular weight excluding hydrogens is 262 g/mol. The van der Waals surface area contributed by atoms with Crippen LogP contribution in [0.3, 0.4) is 0 Å². The first-order valence-electron chi connectivity index (χ1n) is 7.55. The highest BCUT2D eigenvalue weighted by molar-refractivity contribution is 5.71. The first-order valence-corrected chi connectivity index (χ1v) is 7.55. The van der Waals surface area contributed by atoms with Crippen LogP contribution in [0.2, 0.25) is 0 Å². The van der Waals surface area contributed by atoms with E-state index in [-0.39, 0.29) is 0 Å². The van der Waals surface area contributed by atoms with E-state index in [1.165, 1.54) is 0 Å². The van der Waals surface area contributed by atoms with Gasteiger partial charge in [-0.15, -0.1) is 0 Å². The highest BCUT2D eigenvalue weighted by atomic mass is 16.5. The van der Waals surface area contributed by atoms with Crippen molar-refractivity contribution in [3.63, 3.8) is 0 Å². The zero-order valence-corrected chi connectivity index (χ0v) is 13.0.